The Morgan fingerprint density at radius 1 is 1.33 bits per heavy atom. The molecule has 18 heavy (non-hydrogen) atoms. The summed E-state index contributed by atoms with van der Waals surface area (Å²) in [6, 6.07) is 8.63. The molecule has 1 N–H and O–H groups in total. The fourth-order valence-electron chi connectivity index (χ4n) is 2.01. The van der Waals surface area contributed by atoms with E-state index in [0.717, 1.165) is 23.7 Å². The molecule has 0 saturated heterocycles. The molecular formula is C14H17ClN2S. The number of halogens is 1. The van der Waals surface area contributed by atoms with Crippen LogP contribution in [0.5, 0.6) is 0 Å². The van der Waals surface area contributed by atoms with Crippen LogP contribution in [0.2, 0.25) is 4.34 Å². The number of nitrogens with one attached hydrogen (secondary N) is 1. The molecule has 0 radical (unpaired) electrons. The first-order valence-electron chi connectivity index (χ1n) is 6.14. The number of likely N-dealkylation sites (N-methyl/N-ethyl adjacent to an activating group) is 1. The van der Waals surface area contributed by atoms with Gasteiger partial charge in [-0.05, 0) is 43.1 Å². The largest absolute Gasteiger partial charge is 0.314 e. The quantitative estimate of drug-likeness (QED) is 0.875. The molecule has 2 heterocycles. The minimum Gasteiger partial charge on any atom is -0.314 e. The lowest BCUT2D eigenvalue weighted by Gasteiger charge is -2.17. The number of thiophene rings is 1. The fourth-order valence-corrected chi connectivity index (χ4v) is 3.18. The van der Waals surface area contributed by atoms with Gasteiger partial charge in [-0.3, -0.25) is 4.98 Å². The monoisotopic (exact) mass is 280 g/mol. The maximum atomic E-state index is 5.97. The van der Waals surface area contributed by atoms with E-state index < -0.39 is 0 Å². The van der Waals surface area contributed by atoms with E-state index in [1.165, 1.54) is 10.4 Å². The topological polar surface area (TPSA) is 24.9 Å². The summed E-state index contributed by atoms with van der Waals surface area (Å²) in [5.41, 5.74) is 1.27. The lowest BCUT2D eigenvalue weighted by atomic mass is 10.0. The van der Waals surface area contributed by atoms with Crippen LogP contribution in [0.3, 0.4) is 0 Å². The van der Waals surface area contributed by atoms with E-state index >= 15 is 0 Å². The Hall–Kier alpha value is -0.900. The second-order valence-electron chi connectivity index (χ2n) is 4.23. The Morgan fingerprint density at radius 3 is 2.83 bits per heavy atom. The first-order chi connectivity index (χ1) is 8.78. The van der Waals surface area contributed by atoms with Crippen LogP contribution < -0.4 is 5.32 Å². The number of pyridine rings is 1. The van der Waals surface area contributed by atoms with Gasteiger partial charge in [-0.1, -0.05) is 24.6 Å². The summed E-state index contributed by atoms with van der Waals surface area (Å²) >= 11 is 7.63. The normalized spacial score (nSPS) is 12.6. The maximum absolute atomic E-state index is 5.97. The molecule has 2 nitrogen and oxygen atoms in total. The summed E-state index contributed by atoms with van der Waals surface area (Å²) in [6.45, 7) is 3.11. The molecule has 1 atom stereocenters. The van der Waals surface area contributed by atoms with Crippen LogP contribution in [0.15, 0.2) is 36.7 Å². The van der Waals surface area contributed by atoms with Gasteiger partial charge >= 0.3 is 0 Å². The standard InChI is InChI=1S/C14H17ClN2S/c1-2-17-12(8-11-4-3-7-16-10-11)9-13-5-6-14(15)18-13/h3-7,10,12,17H,2,8-9H2,1H3. The Labute approximate surface area is 117 Å². The number of aromatic nitrogens is 1. The second-order valence-corrected chi connectivity index (χ2v) is 6.03. The summed E-state index contributed by atoms with van der Waals surface area (Å²) in [5, 5.41) is 3.52. The van der Waals surface area contributed by atoms with E-state index in [0.29, 0.717) is 6.04 Å². The highest BCUT2D eigenvalue weighted by Gasteiger charge is 2.11. The Morgan fingerprint density at radius 2 is 2.22 bits per heavy atom. The van der Waals surface area contributed by atoms with Gasteiger partial charge < -0.3 is 5.32 Å². The van der Waals surface area contributed by atoms with Crippen molar-refractivity contribution in [2.24, 2.45) is 0 Å². The van der Waals surface area contributed by atoms with Gasteiger partial charge in [0.25, 0.3) is 0 Å². The van der Waals surface area contributed by atoms with E-state index in [2.05, 4.69) is 29.4 Å². The van der Waals surface area contributed by atoms with Crippen molar-refractivity contribution >= 4 is 22.9 Å². The average Bonchev–Trinajstić information content (AvgIpc) is 2.76. The van der Waals surface area contributed by atoms with Gasteiger partial charge in [-0.2, -0.15) is 0 Å². The molecule has 0 spiro atoms. The minimum absolute atomic E-state index is 0.439. The van der Waals surface area contributed by atoms with Gasteiger partial charge in [0, 0.05) is 23.3 Å². The van der Waals surface area contributed by atoms with Crippen LogP contribution in [0.25, 0.3) is 0 Å². The molecule has 2 rings (SSSR count). The van der Waals surface area contributed by atoms with Crippen LogP contribution in [-0.2, 0) is 12.8 Å². The molecular weight excluding hydrogens is 264 g/mol. The molecule has 0 aliphatic heterocycles. The summed E-state index contributed by atoms with van der Waals surface area (Å²) in [7, 11) is 0. The lowest BCUT2D eigenvalue weighted by molar-refractivity contribution is 0.524. The van der Waals surface area contributed by atoms with Crippen molar-refractivity contribution in [1.82, 2.24) is 10.3 Å². The van der Waals surface area contributed by atoms with Crippen LogP contribution in [-0.4, -0.2) is 17.6 Å². The molecule has 0 aliphatic carbocycles. The number of hydrogen-bond acceptors (Lipinski definition) is 3. The molecule has 0 saturated carbocycles. The first kappa shape index (κ1) is 13.5. The molecule has 0 aromatic carbocycles. The molecule has 0 aliphatic rings. The highest BCUT2D eigenvalue weighted by molar-refractivity contribution is 7.16. The summed E-state index contributed by atoms with van der Waals surface area (Å²) in [5.74, 6) is 0. The molecule has 0 fully saturated rings. The Kier molecular flexibility index (Phi) is 5.17. The van der Waals surface area contributed by atoms with Gasteiger partial charge in [0.2, 0.25) is 0 Å². The van der Waals surface area contributed by atoms with Gasteiger partial charge in [0.1, 0.15) is 0 Å². The van der Waals surface area contributed by atoms with Crippen molar-refractivity contribution in [2.45, 2.75) is 25.8 Å². The summed E-state index contributed by atoms with van der Waals surface area (Å²) in [4.78, 5) is 5.49. The van der Waals surface area contributed by atoms with E-state index in [1.807, 2.05) is 24.5 Å². The predicted molar refractivity (Wildman–Crippen MR) is 78.4 cm³/mol. The van der Waals surface area contributed by atoms with E-state index in [1.54, 1.807) is 11.3 Å². The third kappa shape index (κ3) is 4.09. The van der Waals surface area contributed by atoms with Gasteiger partial charge in [0.15, 0.2) is 0 Å². The van der Waals surface area contributed by atoms with Crippen molar-refractivity contribution in [1.29, 1.82) is 0 Å². The first-order valence-corrected chi connectivity index (χ1v) is 7.34. The number of rotatable bonds is 6. The van der Waals surface area contributed by atoms with Crippen molar-refractivity contribution in [3.05, 3.63) is 51.4 Å². The van der Waals surface area contributed by atoms with Crippen LogP contribution in [0.1, 0.15) is 17.4 Å². The van der Waals surface area contributed by atoms with Gasteiger partial charge in [-0.15, -0.1) is 11.3 Å². The van der Waals surface area contributed by atoms with Crippen molar-refractivity contribution in [3.8, 4) is 0 Å². The zero-order valence-electron chi connectivity index (χ0n) is 10.4. The fraction of sp³-hybridized carbons (Fsp3) is 0.357. The van der Waals surface area contributed by atoms with Gasteiger partial charge in [0.05, 0.1) is 4.34 Å². The minimum atomic E-state index is 0.439. The van der Waals surface area contributed by atoms with E-state index in [9.17, 15) is 0 Å². The molecule has 4 heteroatoms. The Bertz CT molecular complexity index is 470. The summed E-state index contributed by atoms with van der Waals surface area (Å²) in [6.07, 6.45) is 5.76. The third-order valence-corrected chi connectivity index (χ3v) is 4.03. The molecule has 0 bridgehead atoms. The molecule has 1 unspecified atom stereocenters. The van der Waals surface area contributed by atoms with Crippen LogP contribution in [0, 0.1) is 0 Å². The van der Waals surface area contributed by atoms with E-state index in [-0.39, 0.29) is 0 Å². The SMILES string of the molecule is CCNC(Cc1cccnc1)Cc1ccc(Cl)s1. The van der Waals surface area contributed by atoms with Crippen molar-refractivity contribution in [3.63, 3.8) is 0 Å². The molecule has 96 valence electrons. The number of nitrogens with zero attached hydrogens (tertiary/aromatic N) is 1. The molecule has 2 aromatic rings. The van der Waals surface area contributed by atoms with Crippen LogP contribution >= 0.6 is 22.9 Å². The van der Waals surface area contributed by atoms with Gasteiger partial charge in [-0.25, -0.2) is 0 Å². The maximum Gasteiger partial charge on any atom is 0.0931 e. The molecule has 0 amide bonds. The zero-order valence-corrected chi connectivity index (χ0v) is 12.0. The van der Waals surface area contributed by atoms with Crippen molar-refractivity contribution in [2.75, 3.05) is 6.54 Å². The summed E-state index contributed by atoms with van der Waals surface area (Å²) < 4.78 is 0.863. The van der Waals surface area contributed by atoms with Crippen LogP contribution in [0.4, 0.5) is 0 Å². The number of hydrogen-bond donors (Lipinski definition) is 1. The highest BCUT2D eigenvalue weighted by atomic mass is 35.5. The average molecular weight is 281 g/mol. The second kappa shape index (κ2) is 6.88. The molecule has 2 aromatic heterocycles. The smallest absolute Gasteiger partial charge is 0.0931 e. The predicted octanol–water partition coefficient (Wildman–Crippen LogP) is 3.56. The van der Waals surface area contributed by atoms with E-state index in [4.69, 9.17) is 11.6 Å². The third-order valence-electron chi connectivity index (χ3n) is 2.77. The Balaban J connectivity index is 1.99. The lowest BCUT2D eigenvalue weighted by Crippen LogP contribution is -2.32. The highest BCUT2D eigenvalue weighted by Crippen LogP contribution is 2.23. The van der Waals surface area contributed by atoms with Crippen molar-refractivity contribution < 1.29 is 0 Å². The zero-order chi connectivity index (χ0) is 12.8.